The predicted molar refractivity (Wildman–Crippen MR) is 86.5 cm³/mol. The van der Waals surface area contributed by atoms with Crippen molar-refractivity contribution in [1.29, 1.82) is 0 Å². The minimum absolute atomic E-state index is 0.0599. The number of rotatable bonds is 5. The zero-order valence-electron chi connectivity index (χ0n) is 13.5. The molecular weight excluding hydrogens is 301 g/mol. The standard InChI is InChI=1S/C18H25F3N2/c1-2-3-4-5-6-15-13-9-10-22-17(13)14-11-12(18(19,20)21)7-8-16(14)23-15/h7-8,11,13,15,17,22-23H,2-6,9-10H2,1H3/t13-,15+,17-/m1/s1. The lowest BCUT2D eigenvalue weighted by Gasteiger charge is -2.37. The first-order valence-corrected chi connectivity index (χ1v) is 8.71. The summed E-state index contributed by atoms with van der Waals surface area (Å²) in [7, 11) is 0. The first-order chi connectivity index (χ1) is 11.0. The first kappa shape index (κ1) is 16.6. The lowest BCUT2D eigenvalue weighted by molar-refractivity contribution is -0.137. The Labute approximate surface area is 135 Å². The Morgan fingerprint density at radius 1 is 1.17 bits per heavy atom. The topological polar surface area (TPSA) is 24.1 Å². The van der Waals surface area contributed by atoms with Crippen LogP contribution in [0.2, 0.25) is 0 Å². The van der Waals surface area contributed by atoms with Gasteiger partial charge in [0.2, 0.25) is 0 Å². The van der Waals surface area contributed by atoms with Crippen LogP contribution in [0.15, 0.2) is 18.2 Å². The molecular formula is C18H25F3N2. The van der Waals surface area contributed by atoms with E-state index in [1.54, 1.807) is 6.07 Å². The highest BCUT2D eigenvalue weighted by atomic mass is 19.4. The molecule has 1 fully saturated rings. The maximum absolute atomic E-state index is 13.0. The molecule has 3 atom stereocenters. The van der Waals surface area contributed by atoms with Crippen LogP contribution in [0, 0.1) is 5.92 Å². The summed E-state index contributed by atoms with van der Waals surface area (Å²) in [5.41, 5.74) is 1.10. The van der Waals surface area contributed by atoms with Crippen LogP contribution in [-0.4, -0.2) is 12.6 Å². The average molecular weight is 326 g/mol. The summed E-state index contributed by atoms with van der Waals surface area (Å²) in [6, 6.07) is 4.55. The number of alkyl halides is 3. The van der Waals surface area contributed by atoms with Gasteiger partial charge in [0.05, 0.1) is 5.56 Å². The van der Waals surface area contributed by atoms with Gasteiger partial charge in [0.25, 0.3) is 0 Å². The van der Waals surface area contributed by atoms with Gasteiger partial charge < -0.3 is 10.6 Å². The molecule has 0 aliphatic carbocycles. The maximum Gasteiger partial charge on any atom is 0.416 e. The molecule has 2 aliphatic heterocycles. The smallest absolute Gasteiger partial charge is 0.382 e. The Morgan fingerprint density at radius 2 is 2.00 bits per heavy atom. The SMILES string of the molecule is CCCCCC[C@@H]1Nc2ccc(C(F)(F)F)cc2[C@@H]2NCC[C@H]12. The Balaban J connectivity index is 1.79. The second-order valence-electron chi connectivity index (χ2n) is 6.78. The molecule has 1 aromatic rings. The second-order valence-corrected chi connectivity index (χ2v) is 6.78. The molecule has 2 aliphatic rings. The van der Waals surface area contributed by atoms with E-state index >= 15 is 0 Å². The third-order valence-corrected chi connectivity index (χ3v) is 5.21. The number of hydrogen-bond donors (Lipinski definition) is 2. The number of halogens is 3. The van der Waals surface area contributed by atoms with Gasteiger partial charge in [-0.05, 0) is 49.1 Å². The lowest BCUT2D eigenvalue weighted by atomic mass is 9.80. The molecule has 23 heavy (non-hydrogen) atoms. The normalized spacial score (nSPS) is 26.5. The first-order valence-electron chi connectivity index (χ1n) is 8.71. The van der Waals surface area contributed by atoms with E-state index in [0.717, 1.165) is 30.6 Å². The quantitative estimate of drug-likeness (QED) is 0.734. The fraction of sp³-hybridized carbons (Fsp3) is 0.667. The van der Waals surface area contributed by atoms with Crippen molar-refractivity contribution >= 4 is 5.69 Å². The van der Waals surface area contributed by atoms with Crippen LogP contribution in [0.3, 0.4) is 0 Å². The fourth-order valence-electron chi connectivity index (χ4n) is 4.01. The molecule has 0 bridgehead atoms. The highest BCUT2D eigenvalue weighted by Gasteiger charge is 2.40. The summed E-state index contributed by atoms with van der Waals surface area (Å²) in [5, 5.41) is 6.93. The van der Waals surface area contributed by atoms with Crippen LogP contribution in [0.5, 0.6) is 0 Å². The molecule has 3 rings (SSSR count). The van der Waals surface area contributed by atoms with Crippen molar-refractivity contribution < 1.29 is 13.2 Å². The summed E-state index contributed by atoms with van der Waals surface area (Å²) in [6.07, 6.45) is 2.75. The number of benzene rings is 1. The molecule has 0 amide bonds. The molecule has 2 nitrogen and oxygen atoms in total. The van der Waals surface area contributed by atoms with Crippen LogP contribution in [0.25, 0.3) is 0 Å². The Kier molecular flexibility index (Phi) is 4.85. The highest BCUT2D eigenvalue weighted by Crippen LogP contribution is 2.44. The van der Waals surface area contributed by atoms with Crippen molar-refractivity contribution in [3.63, 3.8) is 0 Å². The summed E-state index contributed by atoms with van der Waals surface area (Å²) in [5.74, 6) is 0.396. The van der Waals surface area contributed by atoms with Crippen LogP contribution < -0.4 is 10.6 Å². The van der Waals surface area contributed by atoms with Crippen molar-refractivity contribution in [2.24, 2.45) is 5.92 Å². The van der Waals surface area contributed by atoms with E-state index in [9.17, 15) is 13.2 Å². The lowest BCUT2D eigenvalue weighted by Crippen LogP contribution is -2.38. The summed E-state index contributed by atoms with van der Waals surface area (Å²) in [4.78, 5) is 0. The molecule has 0 spiro atoms. The zero-order chi connectivity index (χ0) is 16.4. The third-order valence-electron chi connectivity index (χ3n) is 5.21. The van der Waals surface area contributed by atoms with Crippen LogP contribution in [0.1, 0.15) is 62.6 Å². The third kappa shape index (κ3) is 3.49. The number of nitrogens with one attached hydrogen (secondary N) is 2. The fourth-order valence-corrected chi connectivity index (χ4v) is 4.01. The Morgan fingerprint density at radius 3 is 2.74 bits per heavy atom. The molecule has 0 unspecified atom stereocenters. The van der Waals surface area contributed by atoms with Crippen molar-refractivity contribution in [3.8, 4) is 0 Å². The predicted octanol–water partition coefficient (Wildman–Crippen LogP) is 5.12. The van der Waals surface area contributed by atoms with Crippen molar-refractivity contribution in [2.45, 2.75) is 63.7 Å². The van der Waals surface area contributed by atoms with Crippen molar-refractivity contribution in [1.82, 2.24) is 5.32 Å². The van der Waals surface area contributed by atoms with Gasteiger partial charge in [-0.15, -0.1) is 0 Å². The molecule has 2 N–H and O–H groups in total. The number of fused-ring (bicyclic) bond motifs is 3. The summed E-state index contributed by atoms with van der Waals surface area (Å²) in [6.45, 7) is 3.09. The van der Waals surface area contributed by atoms with E-state index in [2.05, 4.69) is 17.6 Å². The largest absolute Gasteiger partial charge is 0.416 e. The summed E-state index contributed by atoms with van der Waals surface area (Å²) < 4.78 is 38.9. The average Bonchev–Trinajstić information content (AvgIpc) is 3.00. The Bertz CT molecular complexity index is 542. The zero-order valence-corrected chi connectivity index (χ0v) is 13.5. The van der Waals surface area contributed by atoms with Gasteiger partial charge in [-0.25, -0.2) is 0 Å². The van der Waals surface area contributed by atoms with Crippen LogP contribution in [0.4, 0.5) is 18.9 Å². The van der Waals surface area contributed by atoms with Crippen molar-refractivity contribution in [3.05, 3.63) is 29.3 Å². The number of hydrogen-bond acceptors (Lipinski definition) is 2. The van der Waals surface area contributed by atoms with Gasteiger partial charge in [-0.3, -0.25) is 0 Å². The van der Waals surface area contributed by atoms with Gasteiger partial charge in [0, 0.05) is 17.8 Å². The van der Waals surface area contributed by atoms with E-state index in [1.165, 1.54) is 37.8 Å². The molecule has 0 saturated carbocycles. The van der Waals surface area contributed by atoms with Gasteiger partial charge >= 0.3 is 6.18 Å². The number of unbranched alkanes of at least 4 members (excludes halogenated alkanes) is 3. The molecule has 0 aromatic heterocycles. The minimum atomic E-state index is -4.28. The van der Waals surface area contributed by atoms with Gasteiger partial charge in [-0.2, -0.15) is 13.2 Å². The maximum atomic E-state index is 13.0. The number of anilines is 1. The second kappa shape index (κ2) is 6.71. The Hall–Kier alpha value is -1.23. The highest BCUT2D eigenvalue weighted by molar-refractivity contribution is 5.58. The van der Waals surface area contributed by atoms with Gasteiger partial charge in [0.1, 0.15) is 0 Å². The summed E-state index contributed by atoms with van der Waals surface area (Å²) >= 11 is 0. The van der Waals surface area contributed by atoms with E-state index in [0.29, 0.717) is 12.0 Å². The van der Waals surface area contributed by atoms with Crippen molar-refractivity contribution in [2.75, 3.05) is 11.9 Å². The van der Waals surface area contributed by atoms with Gasteiger partial charge in [-0.1, -0.05) is 32.6 Å². The minimum Gasteiger partial charge on any atom is -0.382 e. The van der Waals surface area contributed by atoms with Gasteiger partial charge in [0.15, 0.2) is 0 Å². The van der Waals surface area contributed by atoms with Crippen LogP contribution in [-0.2, 0) is 6.18 Å². The van der Waals surface area contributed by atoms with E-state index in [-0.39, 0.29) is 6.04 Å². The van der Waals surface area contributed by atoms with E-state index < -0.39 is 11.7 Å². The molecule has 2 heterocycles. The molecule has 5 heteroatoms. The van der Waals surface area contributed by atoms with E-state index in [1.807, 2.05) is 0 Å². The molecule has 0 radical (unpaired) electrons. The molecule has 1 saturated heterocycles. The van der Waals surface area contributed by atoms with E-state index in [4.69, 9.17) is 0 Å². The van der Waals surface area contributed by atoms with Crippen LogP contribution >= 0.6 is 0 Å². The monoisotopic (exact) mass is 326 g/mol. The molecule has 128 valence electrons. The molecule has 1 aromatic carbocycles.